The van der Waals surface area contributed by atoms with Crippen LogP contribution in [0.5, 0.6) is 5.75 Å². The van der Waals surface area contributed by atoms with E-state index in [4.69, 9.17) is 9.29 Å². The number of phenols is 1. The van der Waals surface area contributed by atoms with E-state index in [9.17, 15) is 57.3 Å². The standard InChI is InChI=1S/C44H62N6O15S/c1-7-24(3)35-44(60)65-26(5)36(48-40(56)33(52)23-64-66(61,62)63)41(57)45-30(19-16-27-14-17-29(51)18-15-27)38(54)46-31-20-21-34(53)50(42(31)58)37(25(4)8-2)43(59)49(6)32(39(55)47-35)22-28-12-10-9-11-13-28/h9-15,17-18,24-26,30-37,51-53H,7-8,16,19-23H2,1-6H3,(H,45,57)(H,46,54)(H,47,55)(H,48,56)(H,61,62,63). The van der Waals surface area contributed by atoms with E-state index in [1.165, 1.54) is 31.0 Å². The van der Waals surface area contributed by atoms with Gasteiger partial charge in [-0.05, 0) is 67.7 Å². The Morgan fingerprint density at radius 2 is 1.52 bits per heavy atom. The number of hydrogen-bond donors (Lipinski definition) is 8. The maximum atomic E-state index is 14.9. The molecule has 11 unspecified atom stereocenters. The number of piperidine rings is 1. The van der Waals surface area contributed by atoms with Crippen LogP contribution in [0.3, 0.4) is 0 Å². The first-order valence-electron chi connectivity index (χ1n) is 21.9. The zero-order chi connectivity index (χ0) is 49.0. The minimum absolute atomic E-state index is 0.0345. The van der Waals surface area contributed by atoms with Gasteiger partial charge in [-0.25, -0.2) is 8.98 Å². The summed E-state index contributed by atoms with van der Waals surface area (Å²) in [7, 11) is -3.74. The Bertz CT molecular complexity index is 2150. The van der Waals surface area contributed by atoms with Gasteiger partial charge in [0.1, 0.15) is 60.9 Å². The van der Waals surface area contributed by atoms with Gasteiger partial charge in [-0.15, -0.1) is 0 Å². The fourth-order valence-electron chi connectivity index (χ4n) is 7.72. The molecule has 0 spiro atoms. The first kappa shape index (κ1) is 52.9. The number of phenolic OH excluding ortho intramolecular Hbond substituents is 1. The van der Waals surface area contributed by atoms with Crippen molar-refractivity contribution in [3.8, 4) is 5.75 Å². The Morgan fingerprint density at radius 1 is 0.879 bits per heavy atom. The molecule has 21 nitrogen and oxygen atoms in total. The molecular weight excluding hydrogens is 885 g/mol. The molecule has 11 atom stereocenters. The highest BCUT2D eigenvalue weighted by Gasteiger charge is 2.47. The second-order valence-electron chi connectivity index (χ2n) is 16.8. The molecule has 22 heteroatoms. The molecule has 0 aliphatic carbocycles. The number of aryl methyl sites for hydroxylation is 1. The molecule has 2 bridgehead atoms. The number of ether oxygens (including phenoxy) is 1. The summed E-state index contributed by atoms with van der Waals surface area (Å²) in [6.45, 7) is 6.79. The minimum atomic E-state index is -5.12. The number of aromatic hydroxyl groups is 1. The Hall–Kier alpha value is -5.68. The Kier molecular flexibility index (Phi) is 19.0. The number of nitrogens with zero attached hydrogens (tertiary/aromatic N) is 2. The molecule has 2 heterocycles. The average Bonchev–Trinajstić information content (AvgIpc) is 3.28. The highest BCUT2D eigenvalue weighted by atomic mass is 32.3. The molecule has 8 N–H and O–H groups in total. The molecule has 66 heavy (non-hydrogen) atoms. The highest BCUT2D eigenvalue weighted by molar-refractivity contribution is 7.80. The fourth-order valence-corrected chi connectivity index (χ4v) is 8.02. The Balaban J connectivity index is 1.87. The largest absolute Gasteiger partial charge is 0.508 e. The van der Waals surface area contributed by atoms with Gasteiger partial charge in [0, 0.05) is 13.5 Å². The number of aliphatic hydroxyl groups excluding tert-OH is 2. The minimum Gasteiger partial charge on any atom is -0.508 e. The third-order valence-corrected chi connectivity index (χ3v) is 12.5. The number of nitrogens with one attached hydrogen (secondary N) is 4. The summed E-state index contributed by atoms with van der Waals surface area (Å²) >= 11 is 0. The van der Waals surface area contributed by atoms with Crippen LogP contribution in [-0.2, 0) is 65.7 Å². The fraction of sp³-hybridized carbons (Fsp3) is 0.568. The molecule has 4 rings (SSSR count). The summed E-state index contributed by atoms with van der Waals surface area (Å²) in [5, 5.41) is 41.8. The van der Waals surface area contributed by atoms with Gasteiger partial charge in [-0.1, -0.05) is 83.0 Å². The van der Waals surface area contributed by atoms with Gasteiger partial charge in [0.2, 0.25) is 29.5 Å². The normalized spacial score (nSPS) is 26.6. The predicted molar refractivity (Wildman–Crippen MR) is 235 cm³/mol. The number of aliphatic hydroxyl groups is 2. The number of benzene rings is 2. The number of amides is 6. The van der Waals surface area contributed by atoms with Crippen molar-refractivity contribution in [2.75, 3.05) is 13.7 Å². The molecule has 2 aliphatic rings. The van der Waals surface area contributed by atoms with Crippen molar-refractivity contribution >= 4 is 51.8 Å². The predicted octanol–water partition coefficient (Wildman–Crippen LogP) is -0.139. The summed E-state index contributed by atoms with van der Waals surface area (Å²) in [4.78, 5) is 102. The molecule has 0 aromatic heterocycles. The zero-order valence-corrected chi connectivity index (χ0v) is 38.6. The lowest BCUT2D eigenvalue weighted by Crippen LogP contribution is -2.66. The average molecular weight is 947 g/mol. The van der Waals surface area contributed by atoms with E-state index in [2.05, 4.69) is 25.5 Å². The number of rotatable bonds is 14. The van der Waals surface area contributed by atoms with Crippen LogP contribution in [0.4, 0.5) is 0 Å². The lowest BCUT2D eigenvalue weighted by atomic mass is 9.91. The smallest absolute Gasteiger partial charge is 0.397 e. The maximum Gasteiger partial charge on any atom is 0.397 e. The number of carbonyl (C=O) groups excluding carboxylic acids is 7. The van der Waals surface area contributed by atoms with Crippen LogP contribution in [0.2, 0.25) is 0 Å². The number of fused-ring (bicyclic) bond motifs is 2. The lowest BCUT2D eigenvalue weighted by molar-refractivity contribution is -0.168. The van der Waals surface area contributed by atoms with Gasteiger partial charge in [-0.2, -0.15) is 8.42 Å². The quantitative estimate of drug-likeness (QED) is 0.0903. The first-order valence-corrected chi connectivity index (χ1v) is 23.2. The summed E-state index contributed by atoms with van der Waals surface area (Å²) < 4.78 is 41.3. The molecule has 2 fully saturated rings. The van der Waals surface area contributed by atoms with Crippen LogP contribution in [0.1, 0.15) is 77.8 Å². The molecular formula is C44H62N6O15S. The number of esters is 1. The molecule has 6 amide bonds. The molecule has 2 aromatic carbocycles. The third kappa shape index (κ3) is 14.2. The summed E-state index contributed by atoms with van der Waals surface area (Å²) in [5.74, 6) is -8.11. The molecule has 0 saturated carbocycles. The molecule has 0 radical (unpaired) electrons. The van der Waals surface area contributed by atoms with E-state index in [1.807, 2.05) is 0 Å². The number of cyclic esters (lactones) is 1. The van der Waals surface area contributed by atoms with E-state index >= 15 is 0 Å². The molecule has 364 valence electrons. The zero-order valence-electron chi connectivity index (χ0n) is 37.8. The highest BCUT2D eigenvalue weighted by Crippen LogP contribution is 2.28. The van der Waals surface area contributed by atoms with E-state index in [-0.39, 0.29) is 37.9 Å². The van der Waals surface area contributed by atoms with Crippen molar-refractivity contribution in [3.63, 3.8) is 0 Å². The number of hydrogen-bond acceptors (Lipinski definition) is 14. The van der Waals surface area contributed by atoms with Crippen molar-refractivity contribution in [3.05, 3.63) is 65.7 Å². The number of carbonyl (C=O) groups is 7. The topological polar surface area (TPSA) is 308 Å². The lowest BCUT2D eigenvalue weighted by Gasteiger charge is -2.44. The van der Waals surface area contributed by atoms with Gasteiger partial charge in [-0.3, -0.25) is 33.3 Å². The van der Waals surface area contributed by atoms with Crippen LogP contribution in [-0.4, -0.2) is 148 Å². The van der Waals surface area contributed by atoms with Gasteiger partial charge in [0.05, 0.1) is 0 Å². The summed E-state index contributed by atoms with van der Waals surface area (Å²) in [5.41, 5.74) is 1.25. The Morgan fingerprint density at radius 3 is 2.12 bits per heavy atom. The van der Waals surface area contributed by atoms with Gasteiger partial charge in [0.15, 0.2) is 6.10 Å². The second-order valence-corrected chi connectivity index (χ2v) is 17.9. The van der Waals surface area contributed by atoms with Crippen LogP contribution in [0.25, 0.3) is 0 Å². The van der Waals surface area contributed by atoms with Crippen molar-refractivity contribution in [2.24, 2.45) is 11.8 Å². The number of likely N-dealkylation sites (N-methyl/N-ethyl adjacent to an activating group) is 1. The van der Waals surface area contributed by atoms with Crippen molar-refractivity contribution in [1.29, 1.82) is 0 Å². The second kappa shape index (κ2) is 23.7. The van der Waals surface area contributed by atoms with Crippen LogP contribution in [0.15, 0.2) is 54.6 Å². The van der Waals surface area contributed by atoms with E-state index in [1.54, 1.807) is 70.2 Å². The third-order valence-electron chi connectivity index (χ3n) is 12.1. The Labute approximate surface area is 383 Å². The monoisotopic (exact) mass is 946 g/mol. The summed E-state index contributed by atoms with van der Waals surface area (Å²) in [6, 6.07) is 5.85. The molecule has 2 aromatic rings. The van der Waals surface area contributed by atoms with Crippen LogP contribution >= 0.6 is 0 Å². The molecule has 2 aliphatic heterocycles. The van der Waals surface area contributed by atoms with Crippen molar-refractivity contribution in [1.82, 2.24) is 31.1 Å². The van der Waals surface area contributed by atoms with Crippen LogP contribution in [0, 0.1) is 11.8 Å². The maximum absolute atomic E-state index is 14.9. The SMILES string of the molecule is CCC(C)C1NC(=O)C(Cc2ccccc2)N(C)C(=O)C(C(C)CC)N2C(=O)C(CCC2O)NC(=O)C(CCc2ccc(O)cc2)NC(=O)C(NC(=O)C(O)COS(=O)(=O)O)C(C)OC1=O. The van der Waals surface area contributed by atoms with Crippen molar-refractivity contribution in [2.45, 2.75) is 134 Å². The van der Waals surface area contributed by atoms with Crippen LogP contribution < -0.4 is 21.3 Å². The van der Waals surface area contributed by atoms with E-state index in [0.29, 0.717) is 24.0 Å². The van der Waals surface area contributed by atoms with E-state index < -0.39 is 125 Å². The van der Waals surface area contributed by atoms with Crippen molar-refractivity contribution < 1.29 is 70.8 Å². The first-order chi connectivity index (χ1) is 31.1. The molecule has 2 saturated heterocycles. The van der Waals surface area contributed by atoms with E-state index in [0.717, 1.165) is 4.90 Å². The summed E-state index contributed by atoms with van der Waals surface area (Å²) in [6.07, 6.45) is -5.04. The van der Waals surface area contributed by atoms with Gasteiger partial charge >= 0.3 is 16.4 Å². The van der Waals surface area contributed by atoms with Gasteiger partial charge in [0.25, 0.3) is 5.91 Å². The van der Waals surface area contributed by atoms with Gasteiger partial charge < -0.3 is 51.1 Å².